The van der Waals surface area contributed by atoms with Gasteiger partial charge in [0.25, 0.3) is 5.91 Å². The van der Waals surface area contributed by atoms with E-state index >= 15 is 0 Å². The van der Waals surface area contributed by atoms with Gasteiger partial charge in [0, 0.05) is 44.4 Å². The summed E-state index contributed by atoms with van der Waals surface area (Å²) in [6.45, 7) is 4.48. The zero-order chi connectivity index (χ0) is 22.7. The Morgan fingerprint density at radius 3 is 2.56 bits per heavy atom. The van der Waals surface area contributed by atoms with E-state index in [2.05, 4.69) is 5.32 Å². The number of pyridine rings is 1. The summed E-state index contributed by atoms with van der Waals surface area (Å²) >= 11 is 0. The van der Waals surface area contributed by atoms with Crippen molar-refractivity contribution in [1.82, 2.24) is 14.2 Å². The molecular weight excluding hydrogens is 430 g/mol. The van der Waals surface area contributed by atoms with Gasteiger partial charge >= 0.3 is 0 Å². The van der Waals surface area contributed by atoms with Gasteiger partial charge in [-0.3, -0.25) is 9.59 Å². The van der Waals surface area contributed by atoms with Gasteiger partial charge in [0.15, 0.2) is 0 Å². The second kappa shape index (κ2) is 9.72. The Balaban J connectivity index is 1.70. The van der Waals surface area contributed by atoms with Gasteiger partial charge in [-0.05, 0) is 50.8 Å². The molecule has 0 unspecified atom stereocenters. The first-order valence-electron chi connectivity index (χ1n) is 11.5. The van der Waals surface area contributed by atoms with Crippen LogP contribution in [0.5, 0.6) is 0 Å². The number of nitrogens with zero attached hydrogens (tertiary/aromatic N) is 2. The molecule has 0 radical (unpaired) electrons. The third-order valence-electron chi connectivity index (χ3n) is 6.35. The Labute approximate surface area is 188 Å². The lowest BCUT2D eigenvalue weighted by atomic mass is 10.1. The lowest BCUT2D eigenvalue weighted by Crippen LogP contribution is -2.35. The van der Waals surface area contributed by atoms with Crippen LogP contribution < -0.4 is 10.7 Å². The van der Waals surface area contributed by atoms with E-state index in [1.54, 1.807) is 22.9 Å². The van der Waals surface area contributed by atoms with Crippen LogP contribution in [0.3, 0.4) is 0 Å². The van der Waals surface area contributed by atoms with Gasteiger partial charge in [-0.15, -0.1) is 0 Å². The Kier molecular flexibility index (Phi) is 6.97. The minimum absolute atomic E-state index is 0.0154. The Hall–Kier alpha value is -2.23. The predicted octanol–water partition coefficient (Wildman–Crippen LogP) is 2.49. The number of ether oxygens (including phenoxy) is 1. The number of benzene rings is 1. The Morgan fingerprint density at radius 2 is 1.91 bits per heavy atom. The van der Waals surface area contributed by atoms with E-state index in [0.717, 1.165) is 38.5 Å². The highest BCUT2D eigenvalue weighted by Gasteiger charge is 2.26. The van der Waals surface area contributed by atoms with Crippen LogP contribution in [0.2, 0.25) is 0 Å². The molecule has 4 rings (SSSR count). The number of aryl methyl sites for hydroxylation is 1. The van der Waals surface area contributed by atoms with Crippen LogP contribution >= 0.6 is 0 Å². The number of carbonyl (C=O) groups is 1. The van der Waals surface area contributed by atoms with Gasteiger partial charge in [-0.25, -0.2) is 8.42 Å². The summed E-state index contributed by atoms with van der Waals surface area (Å²) in [6, 6.07) is 4.66. The fraction of sp³-hybridized carbons (Fsp3) is 0.565. The van der Waals surface area contributed by atoms with Gasteiger partial charge in [0.1, 0.15) is 5.56 Å². The maximum Gasteiger partial charge on any atom is 0.256 e. The zero-order valence-electron chi connectivity index (χ0n) is 18.5. The average molecular weight is 462 g/mol. The van der Waals surface area contributed by atoms with Gasteiger partial charge < -0.3 is 14.6 Å². The Bertz CT molecular complexity index is 1140. The van der Waals surface area contributed by atoms with Crippen molar-refractivity contribution in [2.45, 2.75) is 63.0 Å². The summed E-state index contributed by atoms with van der Waals surface area (Å²) in [6.07, 6.45) is 7.10. The first-order valence-corrected chi connectivity index (χ1v) is 12.9. The molecule has 2 fully saturated rings. The van der Waals surface area contributed by atoms with Crippen LogP contribution in [0.25, 0.3) is 10.9 Å². The molecule has 0 spiro atoms. The summed E-state index contributed by atoms with van der Waals surface area (Å²) in [4.78, 5) is 26.1. The molecule has 1 atom stereocenters. The van der Waals surface area contributed by atoms with Crippen LogP contribution in [-0.4, -0.2) is 55.5 Å². The van der Waals surface area contributed by atoms with Crippen LogP contribution in [0.15, 0.2) is 34.1 Å². The largest absolute Gasteiger partial charge is 0.376 e. The topological polar surface area (TPSA) is 97.7 Å². The van der Waals surface area contributed by atoms with Crippen molar-refractivity contribution < 1.29 is 17.9 Å². The highest BCUT2D eigenvalue weighted by atomic mass is 32.2. The maximum atomic E-state index is 13.2. The normalized spacial score (nSPS) is 20.3. The lowest BCUT2D eigenvalue weighted by molar-refractivity contribution is 0.0856. The molecule has 8 nitrogen and oxygen atoms in total. The molecule has 1 aromatic heterocycles. The van der Waals surface area contributed by atoms with E-state index in [4.69, 9.17) is 4.74 Å². The van der Waals surface area contributed by atoms with Crippen molar-refractivity contribution >= 4 is 26.8 Å². The summed E-state index contributed by atoms with van der Waals surface area (Å²) < 4.78 is 35.3. The average Bonchev–Trinajstić information content (AvgIpc) is 3.16. The number of hydrogen-bond acceptors (Lipinski definition) is 5. The van der Waals surface area contributed by atoms with Crippen molar-refractivity contribution in [1.29, 1.82) is 0 Å². The lowest BCUT2D eigenvalue weighted by Gasteiger charge is -2.20. The maximum absolute atomic E-state index is 13.2. The highest BCUT2D eigenvalue weighted by molar-refractivity contribution is 7.89. The molecule has 2 aliphatic rings. The monoisotopic (exact) mass is 461 g/mol. The van der Waals surface area contributed by atoms with Crippen molar-refractivity contribution in [3.8, 4) is 0 Å². The molecular formula is C23H31N3O5S. The van der Waals surface area contributed by atoms with E-state index in [1.165, 1.54) is 10.4 Å². The number of aromatic nitrogens is 1. The standard InChI is InChI=1S/C23H31N3O5S/c1-2-25-16-20(23(28)24-15-17-8-7-13-31-17)22(27)19-14-18(9-10-21(19)25)32(29,30)26-11-5-3-4-6-12-26/h9-10,14,16-17H,2-8,11-13,15H2,1H3,(H,24,28)/t17-/m1/s1. The third-order valence-corrected chi connectivity index (χ3v) is 8.25. The smallest absolute Gasteiger partial charge is 0.256 e. The third kappa shape index (κ3) is 4.60. The second-order valence-corrected chi connectivity index (χ2v) is 10.4. The van der Waals surface area contributed by atoms with Crippen molar-refractivity contribution in [3.05, 3.63) is 40.2 Å². The molecule has 9 heteroatoms. The van der Waals surface area contributed by atoms with E-state index in [9.17, 15) is 18.0 Å². The van der Waals surface area contributed by atoms with E-state index < -0.39 is 21.4 Å². The molecule has 2 aliphatic heterocycles. The van der Waals surface area contributed by atoms with Crippen LogP contribution in [0.4, 0.5) is 0 Å². The number of amides is 1. The van der Waals surface area contributed by atoms with Gasteiger partial charge in [0.05, 0.1) is 16.5 Å². The summed E-state index contributed by atoms with van der Waals surface area (Å²) in [5, 5.41) is 3.04. The molecule has 0 aliphatic carbocycles. The van der Waals surface area contributed by atoms with Crippen molar-refractivity contribution in [3.63, 3.8) is 0 Å². The summed E-state index contributed by atoms with van der Waals surface area (Å²) in [5.41, 5.74) is 0.173. The number of carbonyl (C=O) groups excluding carboxylic acids is 1. The van der Waals surface area contributed by atoms with E-state index in [0.29, 0.717) is 38.3 Å². The SMILES string of the molecule is CCn1cc(C(=O)NC[C@H]2CCCO2)c(=O)c2cc(S(=O)(=O)N3CCCCCC3)ccc21. The molecule has 2 aromatic rings. The number of fused-ring (bicyclic) bond motifs is 1. The minimum atomic E-state index is -3.70. The zero-order valence-corrected chi connectivity index (χ0v) is 19.3. The summed E-state index contributed by atoms with van der Waals surface area (Å²) in [5.74, 6) is -0.463. The fourth-order valence-corrected chi connectivity index (χ4v) is 6.04. The summed E-state index contributed by atoms with van der Waals surface area (Å²) in [7, 11) is -3.70. The van der Waals surface area contributed by atoms with Gasteiger partial charge in [-0.1, -0.05) is 12.8 Å². The van der Waals surface area contributed by atoms with Gasteiger partial charge in [0.2, 0.25) is 15.5 Å². The molecule has 32 heavy (non-hydrogen) atoms. The minimum Gasteiger partial charge on any atom is -0.376 e. The predicted molar refractivity (Wildman–Crippen MR) is 122 cm³/mol. The van der Waals surface area contributed by atoms with E-state index in [1.807, 2.05) is 6.92 Å². The molecule has 1 aromatic carbocycles. The molecule has 2 saturated heterocycles. The molecule has 0 bridgehead atoms. The Morgan fingerprint density at radius 1 is 1.16 bits per heavy atom. The van der Waals surface area contributed by atoms with Gasteiger partial charge in [-0.2, -0.15) is 4.31 Å². The van der Waals surface area contributed by atoms with Crippen molar-refractivity contribution in [2.75, 3.05) is 26.2 Å². The molecule has 0 saturated carbocycles. The number of hydrogen-bond donors (Lipinski definition) is 1. The second-order valence-electron chi connectivity index (χ2n) is 8.50. The van der Waals surface area contributed by atoms with Crippen LogP contribution in [-0.2, 0) is 21.3 Å². The molecule has 1 amide bonds. The first kappa shape index (κ1) is 22.9. The van der Waals surface area contributed by atoms with Crippen molar-refractivity contribution in [2.24, 2.45) is 0 Å². The number of nitrogens with one attached hydrogen (secondary N) is 1. The first-order chi connectivity index (χ1) is 15.4. The fourth-order valence-electron chi connectivity index (χ4n) is 4.50. The van der Waals surface area contributed by atoms with E-state index in [-0.39, 0.29) is 21.9 Å². The van der Waals surface area contributed by atoms with Crippen LogP contribution in [0.1, 0.15) is 55.8 Å². The highest BCUT2D eigenvalue weighted by Crippen LogP contribution is 2.23. The quantitative estimate of drug-likeness (QED) is 0.713. The molecule has 3 heterocycles. The number of sulfonamides is 1. The van der Waals surface area contributed by atoms with Crippen LogP contribution in [0, 0.1) is 0 Å². The number of rotatable bonds is 6. The molecule has 1 N–H and O–H groups in total. The molecule has 174 valence electrons.